The number of sulfonamides is 1. The summed E-state index contributed by atoms with van der Waals surface area (Å²) in [5, 5.41) is 7.71. The van der Waals surface area contributed by atoms with Gasteiger partial charge in [0.15, 0.2) is 6.10 Å². The number of hydrogen-bond donors (Lipinski definition) is 2. The highest BCUT2D eigenvalue weighted by Crippen LogP contribution is 2.60. The number of rotatable bonds is 5. The van der Waals surface area contributed by atoms with Crippen LogP contribution in [-0.4, -0.2) is 26.4 Å². The second kappa shape index (κ2) is 6.84. The monoisotopic (exact) mass is 406 g/mol. The van der Waals surface area contributed by atoms with Gasteiger partial charge in [0.05, 0.1) is 10.3 Å². The molecule has 3 N–H and O–H groups in total. The lowest BCUT2D eigenvalue weighted by Gasteiger charge is -2.55. The van der Waals surface area contributed by atoms with Crippen molar-refractivity contribution >= 4 is 27.6 Å². The van der Waals surface area contributed by atoms with E-state index in [0.717, 1.165) is 19.3 Å². The second-order valence-corrected chi connectivity index (χ2v) is 10.4. The molecule has 5 rings (SSSR count). The van der Waals surface area contributed by atoms with Gasteiger partial charge in [-0.1, -0.05) is 0 Å². The van der Waals surface area contributed by atoms with E-state index in [4.69, 9.17) is 9.88 Å². The highest BCUT2D eigenvalue weighted by molar-refractivity contribution is 7.89. The molecule has 0 heterocycles. The van der Waals surface area contributed by atoms with E-state index in [1.165, 1.54) is 43.5 Å². The lowest BCUT2D eigenvalue weighted by Crippen LogP contribution is -2.51. The molecule has 1 aromatic rings. The van der Waals surface area contributed by atoms with Crippen LogP contribution in [0.4, 0.5) is 5.69 Å². The molecule has 0 radical (unpaired) electrons. The van der Waals surface area contributed by atoms with E-state index in [0.29, 0.717) is 23.4 Å². The maximum absolute atomic E-state index is 12.9. The van der Waals surface area contributed by atoms with Gasteiger partial charge in [-0.25, -0.2) is 13.6 Å². The average Bonchev–Trinajstić information content (AvgIpc) is 2.60. The van der Waals surface area contributed by atoms with Crippen LogP contribution in [0.3, 0.4) is 0 Å². The molecule has 4 fully saturated rings. The molecule has 0 spiro atoms. The normalized spacial score (nSPS) is 32.0. The van der Waals surface area contributed by atoms with Gasteiger partial charge in [-0.15, -0.1) is 0 Å². The number of primary sulfonamides is 1. The molecule has 4 saturated carbocycles. The van der Waals surface area contributed by atoms with E-state index in [9.17, 15) is 18.0 Å². The van der Waals surface area contributed by atoms with Crippen LogP contribution < -0.4 is 10.5 Å². The fourth-order valence-electron chi connectivity index (χ4n) is 5.67. The van der Waals surface area contributed by atoms with Crippen molar-refractivity contribution in [2.45, 2.75) is 56.4 Å². The molecule has 4 aliphatic carbocycles. The second-order valence-electron chi connectivity index (χ2n) is 8.80. The minimum absolute atomic E-state index is 0.0354. The van der Waals surface area contributed by atoms with Gasteiger partial charge in [0.2, 0.25) is 10.0 Å². The summed E-state index contributed by atoms with van der Waals surface area (Å²) >= 11 is 0. The third-order valence-corrected chi connectivity index (χ3v) is 7.50. The number of amides is 1. The standard InChI is InChI=1S/C20H26N2O5S/c1-12(18(23)22-16-2-4-17(5-3-16)28(21,25)26)27-19(24)20-9-13-6-14(10-20)8-15(7-13)11-20/h2-5,12-15H,6-11H2,1H3,(H,22,23)(H2,21,25,26)/t12-,13?,14?,15?,20?/m1/s1. The number of hydrogen-bond acceptors (Lipinski definition) is 5. The average molecular weight is 407 g/mol. The topological polar surface area (TPSA) is 116 Å². The molecule has 8 heteroatoms. The predicted molar refractivity (Wildman–Crippen MR) is 103 cm³/mol. The highest BCUT2D eigenvalue weighted by atomic mass is 32.2. The van der Waals surface area contributed by atoms with E-state index in [1.807, 2.05) is 0 Å². The van der Waals surface area contributed by atoms with Crippen LogP contribution in [0, 0.1) is 23.2 Å². The fourth-order valence-corrected chi connectivity index (χ4v) is 6.19. The number of esters is 1. The van der Waals surface area contributed by atoms with Crippen molar-refractivity contribution in [1.82, 2.24) is 0 Å². The van der Waals surface area contributed by atoms with E-state index < -0.39 is 27.4 Å². The summed E-state index contributed by atoms with van der Waals surface area (Å²) in [7, 11) is -3.78. The fraction of sp³-hybridized carbons (Fsp3) is 0.600. The summed E-state index contributed by atoms with van der Waals surface area (Å²) < 4.78 is 28.2. The summed E-state index contributed by atoms with van der Waals surface area (Å²) in [5.74, 6) is 1.20. The molecular formula is C20H26N2O5S. The van der Waals surface area contributed by atoms with Crippen molar-refractivity contribution in [2.24, 2.45) is 28.3 Å². The number of benzene rings is 1. The molecule has 0 aromatic heterocycles. The van der Waals surface area contributed by atoms with Gasteiger partial charge in [-0.2, -0.15) is 0 Å². The van der Waals surface area contributed by atoms with E-state index in [2.05, 4.69) is 5.32 Å². The molecule has 0 aliphatic heterocycles. The number of anilines is 1. The van der Waals surface area contributed by atoms with Crippen LogP contribution in [0.1, 0.15) is 45.4 Å². The summed E-state index contributed by atoms with van der Waals surface area (Å²) in [6, 6.07) is 5.53. The molecule has 1 atom stereocenters. The predicted octanol–water partition coefficient (Wildman–Crippen LogP) is 2.42. The number of nitrogens with one attached hydrogen (secondary N) is 1. The first-order valence-corrected chi connectivity index (χ1v) is 11.3. The maximum atomic E-state index is 12.9. The smallest absolute Gasteiger partial charge is 0.312 e. The Morgan fingerprint density at radius 2 is 1.57 bits per heavy atom. The van der Waals surface area contributed by atoms with Gasteiger partial charge in [0.25, 0.3) is 5.91 Å². The molecule has 1 aromatic carbocycles. The molecule has 152 valence electrons. The zero-order valence-corrected chi connectivity index (χ0v) is 16.7. The lowest BCUT2D eigenvalue weighted by atomic mass is 9.49. The van der Waals surface area contributed by atoms with Crippen molar-refractivity contribution in [3.05, 3.63) is 24.3 Å². The van der Waals surface area contributed by atoms with Crippen LogP contribution in [0.25, 0.3) is 0 Å². The summed E-state index contributed by atoms with van der Waals surface area (Å²) in [6.45, 7) is 1.56. The lowest BCUT2D eigenvalue weighted by molar-refractivity contribution is -0.177. The molecule has 4 bridgehead atoms. The van der Waals surface area contributed by atoms with E-state index in [1.54, 1.807) is 6.92 Å². The Balaban J connectivity index is 1.37. The first kappa shape index (κ1) is 19.4. The minimum atomic E-state index is -3.78. The molecule has 4 aliphatic rings. The molecule has 1 amide bonds. The minimum Gasteiger partial charge on any atom is -0.452 e. The quantitative estimate of drug-likeness (QED) is 0.729. The van der Waals surface area contributed by atoms with Crippen molar-refractivity contribution in [3.8, 4) is 0 Å². The van der Waals surface area contributed by atoms with Gasteiger partial charge in [0.1, 0.15) is 0 Å². The van der Waals surface area contributed by atoms with Gasteiger partial charge in [-0.3, -0.25) is 9.59 Å². The van der Waals surface area contributed by atoms with Crippen molar-refractivity contribution in [3.63, 3.8) is 0 Å². The highest BCUT2D eigenvalue weighted by Gasteiger charge is 2.55. The van der Waals surface area contributed by atoms with Gasteiger partial charge < -0.3 is 10.1 Å². The van der Waals surface area contributed by atoms with Crippen LogP contribution >= 0.6 is 0 Å². The molecular weight excluding hydrogens is 380 g/mol. The number of ether oxygens (including phenoxy) is 1. The van der Waals surface area contributed by atoms with Crippen LogP contribution in [-0.2, 0) is 24.3 Å². The Morgan fingerprint density at radius 3 is 2.04 bits per heavy atom. The third kappa shape index (κ3) is 3.67. The summed E-state index contributed by atoms with van der Waals surface area (Å²) in [6.07, 6.45) is 5.45. The molecule has 0 unspecified atom stereocenters. The third-order valence-electron chi connectivity index (χ3n) is 6.57. The zero-order valence-electron chi connectivity index (χ0n) is 15.9. The Labute approximate surface area is 165 Å². The maximum Gasteiger partial charge on any atom is 0.312 e. The first-order valence-electron chi connectivity index (χ1n) is 9.79. The van der Waals surface area contributed by atoms with E-state index >= 15 is 0 Å². The molecule has 7 nitrogen and oxygen atoms in total. The van der Waals surface area contributed by atoms with Gasteiger partial charge in [0, 0.05) is 5.69 Å². The first-order chi connectivity index (χ1) is 13.1. The Kier molecular flexibility index (Phi) is 4.74. The van der Waals surface area contributed by atoms with Crippen molar-refractivity contribution < 1.29 is 22.7 Å². The summed E-state index contributed by atoms with van der Waals surface area (Å²) in [5.41, 5.74) is 0.00978. The van der Waals surface area contributed by atoms with Crippen LogP contribution in [0.5, 0.6) is 0 Å². The number of carbonyl (C=O) groups excluding carboxylic acids is 2. The molecule has 0 saturated heterocycles. The van der Waals surface area contributed by atoms with E-state index in [-0.39, 0.29) is 10.9 Å². The van der Waals surface area contributed by atoms with Crippen molar-refractivity contribution in [2.75, 3.05) is 5.32 Å². The van der Waals surface area contributed by atoms with Crippen LogP contribution in [0.2, 0.25) is 0 Å². The number of nitrogens with two attached hydrogens (primary N) is 1. The zero-order chi connectivity index (χ0) is 20.1. The van der Waals surface area contributed by atoms with Gasteiger partial charge in [-0.05, 0) is 87.5 Å². The SMILES string of the molecule is C[C@@H](OC(=O)C12CC3CC(CC(C3)C1)C2)C(=O)Nc1ccc(S(N)(=O)=O)cc1. The Morgan fingerprint density at radius 1 is 1.07 bits per heavy atom. The van der Waals surface area contributed by atoms with Crippen LogP contribution in [0.15, 0.2) is 29.2 Å². The van der Waals surface area contributed by atoms with Crippen molar-refractivity contribution in [1.29, 1.82) is 0 Å². The Bertz CT molecular complexity index is 858. The summed E-state index contributed by atoms with van der Waals surface area (Å²) in [4.78, 5) is 25.3. The number of carbonyl (C=O) groups is 2. The molecule has 28 heavy (non-hydrogen) atoms. The Hall–Kier alpha value is -1.93. The largest absolute Gasteiger partial charge is 0.452 e. The van der Waals surface area contributed by atoms with Gasteiger partial charge >= 0.3 is 5.97 Å².